The summed E-state index contributed by atoms with van der Waals surface area (Å²) >= 11 is 0. The zero-order chi connectivity index (χ0) is 22.0. The topological polar surface area (TPSA) is 46.0 Å². The lowest BCUT2D eigenvalue weighted by Gasteiger charge is -2.18. The van der Waals surface area contributed by atoms with Gasteiger partial charge in [0.1, 0.15) is 6.61 Å². The Hall–Kier alpha value is -2.41. The van der Waals surface area contributed by atoms with Gasteiger partial charge in [0, 0.05) is 24.5 Å². The normalized spacial score (nSPS) is 14.8. The zero-order valence-electron chi connectivity index (χ0n) is 17.5. The number of aliphatic imine (C=N–C) groups is 2. The lowest BCUT2D eigenvalue weighted by molar-refractivity contribution is -0.177. The van der Waals surface area contributed by atoms with Crippen molar-refractivity contribution in [2.45, 2.75) is 58.4 Å². The molecular weight excluding hydrogens is 379 g/mol. The molecule has 0 aliphatic rings. The molecule has 0 bridgehead atoms. The van der Waals surface area contributed by atoms with Gasteiger partial charge in [-0.15, -0.1) is 0 Å². The highest BCUT2D eigenvalue weighted by molar-refractivity contribution is 5.64. The number of benzene rings is 1. The van der Waals surface area contributed by atoms with E-state index in [0.29, 0.717) is 18.0 Å². The maximum Gasteiger partial charge on any atom is 0.411 e. The Balaban J connectivity index is 2.65. The summed E-state index contributed by atoms with van der Waals surface area (Å²) < 4.78 is 41.4. The van der Waals surface area contributed by atoms with Crippen LogP contribution < -0.4 is 5.32 Å². The van der Waals surface area contributed by atoms with Crippen molar-refractivity contribution in [1.29, 1.82) is 0 Å². The van der Waals surface area contributed by atoms with Gasteiger partial charge >= 0.3 is 6.18 Å². The summed E-state index contributed by atoms with van der Waals surface area (Å²) in [7, 11) is 0. The molecule has 1 aromatic rings. The van der Waals surface area contributed by atoms with Crippen LogP contribution >= 0.6 is 0 Å². The van der Waals surface area contributed by atoms with Gasteiger partial charge in [-0.1, -0.05) is 44.7 Å². The molecule has 0 heterocycles. The van der Waals surface area contributed by atoms with Gasteiger partial charge in [0.2, 0.25) is 0 Å². The van der Waals surface area contributed by atoms with Gasteiger partial charge in [0.25, 0.3) is 0 Å². The molecule has 4 nitrogen and oxygen atoms in total. The minimum atomic E-state index is -4.37. The van der Waals surface area contributed by atoms with E-state index >= 15 is 0 Å². The summed E-state index contributed by atoms with van der Waals surface area (Å²) in [5.74, 6) is 0.477. The lowest BCUT2D eigenvalue weighted by Crippen LogP contribution is -2.28. The van der Waals surface area contributed by atoms with Crippen LogP contribution in [0.5, 0.6) is 0 Å². The monoisotopic (exact) mass is 409 g/mol. The average molecular weight is 409 g/mol. The van der Waals surface area contributed by atoms with Crippen molar-refractivity contribution in [1.82, 2.24) is 5.32 Å². The van der Waals surface area contributed by atoms with E-state index in [1.165, 1.54) is 24.9 Å². The van der Waals surface area contributed by atoms with Crippen LogP contribution in [-0.4, -0.2) is 37.9 Å². The molecule has 1 rings (SSSR count). The molecule has 2 unspecified atom stereocenters. The second kappa shape index (κ2) is 11.6. The van der Waals surface area contributed by atoms with Crippen molar-refractivity contribution in [3.63, 3.8) is 0 Å². The molecule has 0 saturated carbocycles. The van der Waals surface area contributed by atoms with Crippen molar-refractivity contribution in [2.24, 2.45) is 9.98 Å². The van der Waals surface area contributed by atoms with E-state index in [1.54, 1.807) is 0 Å². The molecule has 0 fully saturated rings. The average Bonchev–Trinajstić information content (AvgIpc) is 2.63. The summed E-state index contributed by atoms with van der Waals surface area (Å²) in [4.78, 5) is 7.93. The van der Waals surface area contributed by atoms with E-state index in [1.807, 2.05) is 6.92 Å². The lowest BCUT2D eigenvalue weighted by atomic mass is 10.0. The fraction of sp³-hybridized carbons (Fsp3) is 0.455. The summed E-state index contributed by atoms with van der Waals surface area (Å²) in [6.07, 6.45) is -1.75. The maximum absolute atomic E-state index is 12.2. The minimum absolute atomic E-state index is 0.256. The first-order valence-corrected chi connectivity index (χ1v) is 9.43. The zero-order valence-corrected chi connectivity index (χ0v) is 17.5. The highest BCUT2D eigenvalue weighted by atomic mass is 19.4. The van der Waals surface area contributed by atoms with E-state index in [4.69, 9.17) is 4.74 Å². The van der Waals surface area contributed by atoms with Crippen LogP contribution in [0, 0.1) is 0 Å². The molecule has 0 amide bonds. The van der Waals surface area contributed by atoms with Crippen LogP contribution in [0.1, 0.15) is 44.7 Å². The molecule has 0 aliphatic carbocycles. The van der Waals surface area contributed by atoms with Crippen LogP contribution in [0.15, 0.2) is 58.4 Å². The number of nitrogens with one attached hydrogen (secondary N) is 1. The van der Waals surface area contributed by atoms with Crippen molar-refractivity contribution in [2.75, 3.05) is 6.61 Å². The summed E-state index contributed by atoms with van der Waals surface area (Å²) in [5, 5.41) is 3.25. The van der Waals surface area contributed by atoms with Gasteiger partial charge < -0.3 is 10.1 Å². The van der Waals surface area contributed by atoms with Crippen molar-refractivity contribution < 1.29 is 17.9 Å². The number of nitrogens with zero attached hydrogens (tertiary/aromatic N) is 2. The molecular formula is C22H30F3N3O. The van der Waals surface area contributed by atoms with E-state index < -0.39 is 18.9 Å². The number of ether oxygens (including phenoxy) is 1. The van der Waals surface area contributed by atoms with Gasteiger partial charge in [-0.25, -0.2) is 0 Å². The van der Waals surface area contributed by atoms with Crippen molar-refractivity contribution >= 4 is 12.9 Å². The molecule has 29 heavy (non-hydrogen) atoms. The third-order valence-electron chi connectivity index (χ3n) is 4.10. The second-order valence-electron chi connectivity index (χ2n) is 7.19. The predicted molar refractivity (Wildman–Crippen MR) is 114 cm³/mol. The molecule has 0 radical (unpaired) electrons. The Morgan fingerprint density at radius 1 is 1.17 bits per heavy atom. The Morgan fingerprint density at radius 2 is 1.79 bits per heavy atom. The van der Waals surface area contributed by atoms with Crippen LogP contribution in [0.3, 0.4) is 0 Å². The highest BCUT2D eigenvalue weighted by Gasteiger charge is 2.28. The van der Waals surface area contributed by atoms with Crippen LogP contribution in [-0.2, 0) is 11.2 Å². The third kappa shape index (κ3) is 10.1. The molecule has 0 saturated heterocycles. The SMILES string of the molecule is C=N/C=C(\N=CC(C)OCC(F)(F)F)C(C)NC(=C)Cc1ccc(C(C)C)cc1. The first-order valence-electron chi connectivity index (χ1n) is 9.43. The Kier molecular flexibility index (Phi) is 9.81. The van der Waals surface area contributed by atoms with E-state index in [-0.39, 0.29) is 6.04 Å². The van der Waals surface area contributed by atoms with E-state index in [9.17, 15) is 13.2 Å². The van der Waals surface area contributed by atoms with Crippen LogP contribution in [0.4, 0.5) is 13.2 Å². The summed E-state index contributed by atoms with van der Waals surface area (Å²) in [6, 6.07) is 8.11. The number of halogens is 3. The first-order chi connectivity index (χ1) is 13.5. The third-order valence-corrected chi connectivity index (χ3v) is 4.10. The summed E-state index contributed by atoms with van der Waals surface area (Å²) in [5.41, 5.74) is 3.71. The van der Waals surface area contributed by atoms with E-state index in [0.717, 1.165) is 11.3 Å². The van der Waals surface area contributed by atoms with Gasteiger partial charge in [-0.05, 0) is 37.6 Å². The number of rotatable bonds is 11. The number of allylic oxidation sites excluding steroid dienone is 1. The molecule has 1 N–H and O–H groups in total. The van der Waals surface area contributed by atoms with Gasteiger partial charge in [-0.2, -0.15) is 13.2 Å². The smallest absolute Gasteiger partial charge is 0.380 e. The fourth-order valence-electron chi connectivity index (χ4n) is 2.51. The minimum Gasteiger partial charge on any atom is -0.380 e. The predicted octanol–water partition coefficient (Wildman–Crippen LogP) is 5.42. The Labute approximate surface area is 171 Å². The van der Waals surface area contributed by atoms with Crippen LogP contribution in [0.25, 0.3) is 0 Å². The fourth-order valence-corrected chi connectivity index (χ4v) is 2.51. The van der Waals surface area contributed by atoms with E-state index in [2.05, 4.69) is 66.7 Å². The molecule has 0 aliphatic heterocycles. The van der Waals surface area contributed by atoms with Crippen molar-refractivity contribution in [3.05, 3.63) is 59.6 Å². The second-order valence-corrected chi connectivity index (χ2v) is 7.19. The molecule has 0 aromatic heterocycles. The van der Waals surface area contributed by atoms with Gasteiger partial charge in [0.15, 0.2) is 0 Å². The number of hydrogen-bond donors (Lipinski definition) is 1. The molecule has 7 heteroatoms. The quantitative estimate of drug-likeness (QED) is 0.496. The Morgan fingerprint density at radius 3 is 2.31 bits per heavy atom. The van der Waals surface area contributed by atoms with Crippen LogP contribution in [0.2, 0.25) is 0 Å². The van der Waals surface area contributed by atoms with Gasteiger partial charge in [0.05, 0.1) is 17.8 Å². The number of hydrogen-bond acceptors (Lipinski definition) is 4. The first kappa shape index (κ1) is 24.6. The number of alkyl halides is 3. The van der Waals surface area contributed by atoms with Gasteiger partial charge in [-0.3, -0.25) is 9.98 Å². The standard InChI is InChI=1S/C22H30F3N3O/c1-15(2)20-9-7-19(8-10-20)11-16(3)28-18(5)21(13-26-6)27-12-17(4)29-14-22(23,24)25/h7-10,12-13,15,17-18,28H,3,6,11,14H2,1-2,4-5H3/b21-13-,27-12?. The Bertz CT molecular complexity index is 722. The maximum atomic E-state index is 12.2. The highest BCUT2D eigenvalue weighted by Crippen LogP contribution is 2.17. The molecule has 0 spiro atoms. The molecule has 2 atom stereocenters. The van der Waals surface area contributed by atoms with Crippen molar-refractivity contribution in [3.8, 4) is 0 Å². The largest absolute Gasteiger partial charge is 0.411 e. The molecule has 160 valence electrons. The molecule has 1 aromatic carbocycles. The summed E-state index contributed by atoms with van der Waals surface area (Å²) in [6.45, 7) is 13.8.